The summed E-state index contributed by atoms with van der Waals surface area (Å²) in [5.74, 6) is -1.02. The number of aromatic nitrogens is 1. The Labute approximate surface area is 131 Å². The summed E-state index contributed by atoms with van der Waals surface area (Å²) in [6, 6.07) is 10.8. The number of benzene rings is 1. The standard InChI is InChI=1S/C16H13N3O4/c1-23-16(22)12-4-7-15(21)19(9-12)10-14(20)18-13-5-2-11(8-17)3-6-13/h2-7,9H,10H2,1H3,(H,18,20). The first-order valence-corrected chi connectivity index (χ1v) is 6.62. The zero-order chi connectivity index (χ0) is 16.8. The van der Waals surface area contributed by atoms with Crippen molar-refractivity contribution in [3.63, 3.8) is 0 Å². The van der Waals surface area contributed by atoms with E-state index in [4.69, 9.17) is 5.26 Å². The molecule has 0 saturated carbocycles. The van der Waals surface area contributed by atoms with Crippen LogP contribution in [0.4, 0.5) is 5.69 Å². The number of hydrogen-bond donors (Lipinski definition) is 1. The van der Waals surface area contributed by atoms with Gasteiger partial charge in [-0.05, 0) is 30.3 Å². The highest BCUT2D eigenvalue weighted by Crippen LogP contribution is 2.08. The number of pyridine rings is 1. The van der Waals surface area contributed by atoms with Crippen LogP contribution in [0.5, 0.6) is 0 Å². The predicted molar refractivity (Wildman–Crippen MR) is 81.8 cm³/mol. The van der Waals surface area contributed by atoms with E-state index in [2.05, 4.69) is 10.1 Å². The van der Waals surface area contributed by atoms with Crippen molar-refractivity contribution in [1.29, 1.82) is 5.26 Å². The van der Waals surface area contributed by atoms with Crippen LogP contribution in [0.2, 0.25) is 0 Å². The monoisotopic (exact) mass is 311 g/mol. The molecule has 1 heterocycles. The van der Waals surface area contributed by atoms with Gasteiger partial charge in [-0.25, -0.2) is 4.79 Å². The zero-order valence-corrected chi connectivity index (χ0v) is 12.3. The van der Waals surface area contributed by atoms with E-state index in [1.54, 1.807) is 24.3 Å². The topological polar surface area (TPSA) is 101 Å². The molecule has 2 aromatic rings. The summed E-state index contributed by atoms with van der Waals surface area (Å²) >= 11 is 0. The molecule has 116 valence electrons. The van der Waals surface area contributed by atoms with Gasteiger partial charge in [-0.15, -0.1) is 0 Å². The first-order chi connectivity index (χ1) is 11.0. The third-order valence-corrected chi connectivity index (χ3v) is 3.02. The zero-order valence-electron chi connectivity index (χ0n) is 12.3. The molecule has 0 aliphatic rings. The minimum atomic E-state index is -0.591. The van der Waals surface area contributed by atoms with E-state index in [0.717, 1.165) is 4.57 Å². The van der Waals surface area contributed by atoms with Gasteiger partial charge in [0.2, 0.25) is 5.91 Å². The molecular weight excluding hydrogens is 298 g/mol. The van der Waals surface area contributed by atoms with Gasteiger partial charge >= 0.3 is 5.97 Å². The number of rotatable bonds is 4. The first-order valence-electron chi connectivity index (χ1n) is 6.62. The van der Waals surface area contributed by atoms with Gasteiger partial charge in [0, 0.05) is 18.0 Å². The normalized spacial score (nSPS) is 9.74. The van der Waals surface area contributed by atoms with E-state index < -0.39 is 17.4 Å². The van der Waals surface area contributed by atoms with Crippen LogP contribution >= 0.6 is 0 Å². The lowest BCUT2D eigenvalue weighted by molar-refractivity contribution is -0.116. The van der Waals surface area contributed by atoms with Crippen LogP contribution < -0.4 is 10.9 Å². The van der Waals surface area contributed by atoms with Crippen LogP contribution in [0, 0.1) is 11.3 Å². The van der Waals surface area contributed by atoms with Crippen molar-refractivity contribution in [3.8, 4) is 6.07 Å². The summed E-state index contributed by atoms with van der Waals surface area (Å²) in [7, 11) is 1.23. The van der Waals surface area contributed by atoms with Crippen LogP contribution in [-0.4, -0.2) is 23.6 Å². The van der Waals surface area contributed by atoms with Gasteiger partial charge < -0.3 is 14.6 Å². The Morgan fingerprint density at radius 1 is 1.22 bits per heavy atom. The molecule has 2 rings (SSSR count). The molecule has 1 amide bonds. The second kappa shape index (κ2) is 7.04. The van der Waals surface area contributed by atoms with Gasteiger partial charge in [-0.1, -0.05) is 0 Å². The lowest BCUT2D eigenvalue weighted by Gasteiger charge is -2.08. The molecule has 7 nitrogen and oxygen atoms in total. The number of nitrogens with one attached hydrogen (secondary N) is 1. The second-order valence-electron chi connectivity index (χ2n) is 4.61. The van der Waals surface area contributed by atoms with Gasteiger partial charge in [0.15, 0.2) is 0 Å². The Kier molecular flexibility index (Phi) is 4.89. The Morgan fingerprint density at radius 2 is 1.91 bits per heavy atom. The van der Waals surface area contributed by atoms with Crippen LogP contribution in [0.1, 0.15) is 15.9 Å². The highest BCUT2D eigenvalue weighted by atomic mass is 16.5. The highest BCUT2D eigenvalue weighted by molar-refractivity contribution is 5.91. The Morgan fingerprint density at radius 3 is 2.52 bits per heavy atom. The van der Waals surface area contributed by atoms with Crippen molar-refractivity contribution in [3.05, 3.63) is 64.1 Å². The summed E-state index contributed by atoms with van der Waals surface area (Å²) < 4.78 is 5.69. The summed E-state index contributed by atoms with van der Waals surface area (Å²) in [5.41, 5.74) is 0.752. The molecule has 23 heavy (non-hydrogen) atoms. The van der Waals surface area contributed by atoms with E-state index in [0.29, 0.717) is 11.3 Å². The highest BCUT2D eigenvalue weighted by Gasteiger charge is 2.10. The fourth-order valence-electron chi connectivity index (χ4n) is 1.88. The third kappa shape index (κ3) is 4.04. The number of carbonyl (C=O) groups excluding carboxylic acids is 2. The molecule has 0 spiro atoms. The lowest BCUT2D eigenvalue weighted by atomic mass is 10.2. The number of carbonyl (C=O) groups is 2. The first kappa shape index (κ1) is 16.0. The van der Waals surface area contributed by atoms with Crippen molar-refractivity contribution in [1.82, 2.24) is 4.57 Å². The van der Waals surface area contributed by atoms with E-state index in [1.165, 1.54) is 25.4 Å². The summed E-state index contributed by atoms with van der Waals surface area (Å²) in [6.45, 7) is -0.246. The molecule has 0 fully saturated rings. The largest absolute Gasteiger partial charge is 0.465 e. The maximum absolute atomic E-state index is 12.0. The number of methoxy groups -OCH3 is 1. The molecular formula is C16H13N3O4. The van der Waals surface area contributed by atoms with Gasteiger partial charge in [0.1, 0.15) is 6.54 Å². The van der Waals surface area contributed by atoms with Crippen molar-refractivity contribution >= 4 is 17.6 Å². The van der Waals surface area contributed by atoms with Crippen molar-refractivity contribution in [2.75, 3.05) is 12.4 Å². The molecule has 0 saturated heterocycles. The fourth-order valence-corrected chi connectivity index (χ4v) is 1.88. The second-order valence-corrected chi connectivity index (χ2v) is 4.61. The Bertz CT molecular complexity index is 832. The van der Waals surface area contributed by atoms with E-state index in [1.807, 2.05) is 6.07 Å². The van der Waals surface area contributed by atoms with Gasteiger partial charge in [0.05, 0.1) is 24.3 Å². The fraction of sp³-hybridized carbons (Fsp3) is 0.125. The summed E-state index contributed by atoms with van der Waals surface area (Å²) in [6.07, 6.45) is 1.27. The van der Waals surface area contributed by atoms with Gasteiger partial charge in [0.25, 0.3) is 5.56 Å². The van der Waals surface area contributed by atoms with Crippen LogP contribution in [0.15, 0.2) is 47.4 Å². The summed E-state index contributed by atoms with van der Waals surface area (Å²) in [4.78, 5) is 35.2. The lowest BCUT2D eigenvalue weighted by Crippen LogP contribution is -2.27. The van der Waals surface area contributed by atoms with E-state index in [-0.39, 0.29) is 12.1 Å². The number of nitriles is 1. The van der Waals surface area contributed by atoms with Gasteiger partial charge in [-0.3, -0.25) is 9.59 Å². The SMILES string of the molecule is COC(=O)c1ccc(=O)n(CC(=O)Nc2ccc(C#N)cc2)c1. The average Bonchev–Trinajstić information content (AvgIpc) is 2.56. The quantitative estimate of drug-likeness (QED) is 0.853. The molecule has 0 unspecified atom stereocenters. The van der Waals surface area contributed by atoms with Crippen LogP contribution in [0.25, 0.3) is 0 Å². The summed E-state index contributed by atoms with van der Waals surface area (Å²) in [5, 5.41) is 11.3. The minimum Gasteiger partial charge on any atom is -0.465 e. The molecule has 0 atom stereocenters. The molecule has 1 aromatic heterocycles. The number of esters is 1. The van der Waals surface area contributed by atoms with Crippen molar-refractivity contribution < 1.29 is 14.3 Å². The average molecular weight is 311 g/mol. The molecule has 7 heteroatoms. The smallest absolute Gasteiger partial charge is 0.339 e. The number of ether oxygens (including phenoxy) is 1. The maximum atomic E-state index is 12.0. The Balaban J connectivity index is 2.11. The number of amides is 1. The number of nitrogens with zero attached hydrogens (tertiary/aromatic N) is 2. The van der Waals surface area contributed by atoms with E-state index in [9.17, 15) is 14.4 Å². The van der Waals surface area contributed by atoms with Crippen LogP contribution in [-0.2, 0) is 16.1 Å². The molecule has 0 bridgehead atoms. The van der Waals surface area contributed by atoms with Crippen molar-refractivity contribution in [2.24, 2.45) is 0 Å². The number of anilines is 1. The Hall–Kier alpha value is -3.40. The van der Waals surface area contributed by atoms with E-state index >= 15 is 0 Å². The minimum absolute atomic E-state index is 0.179. The molecule has 0 radical (unpaired) electrons. The number of hydrogen-bond acceptors (Lipinski definition) is 5. The van der Waals surface area contributed by atoms with Gasteiger partial charge in [-0.2, -0.15) is 5.26 Å². The predicted octanol–water partition coefficient (Wildman–Crippen LogP) is 1.15. The third-order valence-electron chi connectivity index (χ3n) is 3.02. The molecule has 1 N–H and O–H groups in total. The maximum Gasteiger partial charge on any atom is 0.339 e. The molecule has 0 aliphatic heterocycles. The molecule has 0 aliphatic carbocycles. The van der Waals surface area contributed by atoms with Crippen molar-refractivity contribution in [2.45, 2.75) is 6.54 Å². The molecule has 1 aromatic carbocycles. The van der Waals surface area contributed by atoms with Crippen LogP contribution in [0.3, 0.4) is 0 Å².